The van der Waals surface area contributed by atoms with Crippen molar-refractivity contribution in [2.45, 2.75) is 46.0 Å². The van der Waals surface area contributed by atoms with E-state index in [1.807, 2.05) is 12.1 Å². The first kappa shape index (κ1) is 17.7. The topological polar surface area (TPSA) is 44.5 Å². The molecule has 0 N–H and O–H groups in total. The van der Waals surface area contributed by atoms with Crippen LogP contribution < -0.4 is 9.47 Å². The summed E-state index contributed by atoms with van der Waals surface area (Å²) in [5.74, 6) is 2.44. The molecule has 126 valence electrons. The standard InChI is InChI=1S/C18H24ClNO3/c1-4-16-14(17(5-2)23-20-16)8-6-7-11-22-18-10-9-13(21-3)12-15(18)19/h9-10,12H,4-8,11H2,1-3H3. The number of aryl methyl sites for hydroxylation is 2. The Hall–Kier alpha value is -1.68. The van der Waals surface area contributed by atoms with Crippen molar-refractivity contribution in [2.24, 2.45) is 0 Å². The quantitative estimate of drug-likeness (QED) is 0.613. The minimum atomic E-state index is 0.574. The molecular formula is C18H24ClNO3. The van der Waals surface area contributed by atoms with E-state index < -0.39 is 0 Å². The van der Waals surface area contributed by atoms with E-state index in [0.29, 0.717) is 17.4 Å². The summed E-state index contributed by atoms with van der Waals surface area (Å²) in [7, 11) is 1.62. The predicted molar refractivity (Wildman–Crippen MR) is 91.7 cm³/mol. The van der Waals surface area contributed by atoms with Gasteiger partial charge in [-0.1, -0.05) is 30.6 Å². The SMILES string of the molecule is CCc1noc(CC)c1CCCCOc1ccc(OC)cc1Cl. The van der Waals surface area contributed by atoms with Crippen LogP contribution in [-0.4, -0.2) is 18.9 Å². The molecule has 0 aliphatic carbocycles. The van der Waals surface area contributed by atoms with Gasteiger partial charge in [-0.05, 0) is 37.8 Å². The Morgan fingerprint density at radius 2 is 2.00 bits per heavy atom. The molecule has 2 rings (SSSR count). The number of rotatable bonds is 9. The van der Waals surface area contributed by atoms with Crippen molar-refractivity contribution in [3.63, 3.8) is 0 Å². The molecule has 1 aromatic heterocycles. The maximum atomic E-state index is 6.16. The van der Waals surface area contributed by atoms with E-state index in [9.17, 15) is 0 Å². The van der Waals surface area contributed by atoms with E-state index in [1.54, 1.807) is 13.2 Å². The van der Waals surface area contributed by atoms with Gasteiger partial charge in [-0.3, -0.25) is 0 Å². The summed E-state index contributed by atoms with van der Waals surface area (Å²) in [6.07, 6.45) is 4.78. The molecule has 23 heavy (non-hydrogen) atoms. The molecule has 0 aliphatic heterocycles. The third-order valence-electron chi connectivity index (χ3n) is 3.82. The number of aromatic nitrogens is 1. The summed E-state index contributed by atoms with van der Waals surface area (Å²) in [4.78, 5) is 0. The number of unbranched alkanes of at least 4 members (excludes halogenated alkanes) is 1. The number of hydrogen-bond acceptors (Lipinski definition) is 4. The highest BCUT2D eigenvalue weighted by molar-refractivity contribution is 6.32. The van der Waals surface area contributed by atoms with Gasteiger partial charge in [-0.2, -0.15) is 0 Å². The lowest BCUT2D eigenvalue weighted by atomic mass is 10.0. The zero-order valence-electron chi connectivity index (χ0n) is 14.0. The van der Waals surface area contributed by atoms with Crippen LogP contribution in [0.5, 0.6) is 11.5 Å². The van der Waals surface area contributed by atoms with Crippen LogP contribution in [-0.2, 0) is 19.3 Å². The van der Waals surface area contributed by atoms with Gasteiger partial charge in [0.25, 0.3) is 0 Å². The van der Waals surface area contributed by atoms with Gasteiger partial charge in [0, 0.05) is 18.1 Å². The largest absolute Gasteiger partial charge is 0.497 e. The van der Waals surface area contributed by atoms with Crippen LogP contribution in [0, 0.1) is 0 Å². The summed E-state index contributed by atoms with van der Waals surface area (Å²) < 4.78 is 16.3. The van der Waals surface area contributed by atoms with Crippen molar-refractivity contribution in [1.82, 2.24) is 5.16 Å². The smallest absolute Gasteiger partial charge is 0.139 e. The number of hydrogen-bond donors (Lipinski definition) is 0. The van der Waals surface area contributed by atoms with Crippen LogP contribution in [0.15, 0.2) is 22.7 Å². The van der Waals surface area contributed by atoms with Crippen molar-refractivity contribution in [3.05, 3.63) is 40.2 Å². The predicted octanol–water partition coefficient (Wildman–Crippen LogP) is 4.86. The van der Waals surface area contributed by atoms with Gasteiger partial charge in [0.05, 0.1) is 24.4 Å². The molecule has 0 saturated heterocycles. The second-order valence-electron chi connectivity index (χ2n) is 5.34. The summed E-state index contributed by atoms with van der Waals surface area (Å²) in [6.45, 7) is 4.84. The second-order valence-corrected chi connectivity index (χ2v) is 5.75. The van der Waals surface area contributed by atoms with Crippen LogP contribution in [0.4, 0.5) is 0 Å². The third-order valence-corrected chi connectivity index (χ3v) is 4.12. The van der Waals surface area contributed by atoms with Gasteiger partial charge in [0.1, 0.15) is 17.3 Å². The minimum Gasteiger partial charge on any atom is -0.497 e. The average Bonchev–Trinajstić information content (AvgIpc) is 2.97. The molecule has 0 spiro atoms. The van der Waals surface area contributed by atoms with E-state index in [1.165, 1.54) is 5.56 Å². The molecular weight excluding hydrogens is 314 g/mol. The Morgan fingerprint density at radius 1 is 1.17 bits per heavy atom. The van der Waals surface area contributed by atoms with Crippen molar-refractivity contribution in [2.75, 3.05) is 13.7 Å². The molecule has 0 saturated carbocycles. The number of benzene rings is 1. The Kier molecular flexibility index (Phi) is 6.78. The Bertz CT molecular complexity index is 603. The molecule has 0 amide bonds. The highest BCUT2D eigenvalue weighted by atomic mass is 35.5. The lowest BCUT2D eigenvalue weighted by molar-refractivity contribution is 0.306. The zero-order chi connectivity index (χ0) is 16.7. The van der Waals surface area contributed by atoms with E-state index in [0.717, 1.165) is 49.3 Å². The number of ether oxygens (including phenoxy) is 2. The molecule has 0 radical (unpaired) electrons. The Morgan fingerprint density at radius 3 is 2.65 bits per heavy atom. The fourth-order valence-electron chi connectivity index (χ4n) is 2.53. The Balaban J connectivity index is 1.79. The van der Waals surface area contributed by atoms with Gasteiger partial charge < -0.3 is 14.0 Å². The van der Waals surface area contributed by atoms with Crippen LogP contribution in [0.3, 0.4) is 0 Å². The van der Waals surface area contributed by atoms with Crippen LogP contribution in [0.25, 0.3) is 0 Å². The normalized spacial score (nSPS) is 10.8. The molecule has 0 bridgehead atoms. The molecule has 0 unspecified atom stereocenters. The summed E-state index contributed by atoms with van der Waals surface area (Å²) >= 11 is 6.16. The van der Waals surface area contributed by atoms with Gasteiger partial charge in [0.2, 0.25) is 0 Å². The molecule has 0 atom stereocenters. The van der Waals surface area contributed by atoms with E-state index in [-0.39, 0.29) is 0 Å². The zero-order valence-corrected chi connectivity index (χ0v) is 14.8. The fourth-order valence-corrected chi connectivity index (χ4v) is 2.76. The van der Waals surface area contributed by atoms with Crippen molar-refractivity contribution in [3.8, 4) is 11.5 Å². The van der Waals surface area contributed by atoms with Crippen molar-refractivity contribution >= 4 is 11.6 Å². The average molecular weight is 338 g/mol. The summed E-state index contributed by atoms with van der Waals surface area (Å²) in [6, 6.07) is 5.44. The highest BCUT2D eigenvalue weighted by Crippen LogP contribution is 2.28. The molecule has 4 nitrogen and oxygen atoms in total. The molecule has 1 aromatic carbocycles. The van der Waals surface area contributed by atoms with Gasteiger partial charge in [0.15, 0.2) is 0 Å². The van der Waals surface area contributed by atoms with Crippen molar-refractivity contribution < 1.29 is 14.0 Å². The first-order valence-corrected chi connectivity index (χ1v) is 8.50. The third kappa shape index (κ3) is 4.64. The van der Waals surface area contributed by atoms with Crippen LogP contribution in [0.1, 0.15) is 43.7 Å². The first-order chi connectivity index (χ1) is 11.2. The fraction of sp³-hybridized carbons (Fsp3) is 0.500. The van der Waals surface area contributed by atoms with Gasteiger partial charge in [-0.25, -0.2) is 0 Å². The van der Waals surface area contributed by atoms with E-state index >= 15 is 0 Å². The Labute approximate surface area is 142 Å². The molecule has 1 heterocycles. The number of nitrogens with zero attached hydrogens (tertiary/aromatic N) is 1. The monoisotopic (exact) mass is 337 g/mol. The maximum Gasteiger partial charge on any atom is 0.139 e. The van der Waals surface area contributed by atoms with E-state index in [2.05, 4.69) is 19.0 Å². The van der Waals surface area contributed by atoms with Crippen LogP contribution in [0.2, 0.25) is 5.02 Å². The van der Waals surface area contributed by atoms with Gasteiger partial charge >= 0.3 is 0 Å². The minimum absolute atomic E-state index is 0.574. The summed E-state index contributed by atoms with van der Waals surface area (Å²) in [5.41, 5.74) is 2.36. The highest BCUT2D eigenvalue weighted by Gasteiger charge is 2.12. The number of methoxy groups -OCH3 is 1. The number of halogens is 1. The van der Waals surface area contributed by atoms with E-state index in [4.69, 9.17) is 25.6 Å². The van der Waals surface area contributed by atoms with Crippen LogP contribution >= 0.6 is 11.6 Å². The molecule has 5 heteroatoms. The maximum absolute atomic E-state index is 6.16. The molecule has 0 fully saturated rings. The molecule has 2 aromatic rings. The lowest BCUT2D eigenvalue weighted by Crippen LogP contribution is -2.00. The van der Waals surface area contributed by atoms with Crippen molar-refractivity contribution in [1.29, 1.82) is 0 Å². The second kappa shape index (κ2) is 8.82. The van der Waals surface area contributed by atoms with Gasteiger partial charge in [-0.15, -0.1) is 0 Å². The lowest BCUT2D eigenvalue weighted by Gasteiger charge is -2.09. The first-order valence-electron chi connectivity index (χ1n) is 8.12. The molecule has 0 aliphatic rings. The summed E-state index contributed by atoms with van der Waals surface area (Å²) in [5, 5.41) is 4.72.